The largest absolute Gasteiger partial charge is 0.380 e. The summed E-state index contributed by atoms with van der Waals surface area (Å²) in [6, 6.07) is 5.28. The standard InChI is InChI=1S/C19H24FNO2S/c1-21(13-8-5-3-4-6-9-13)19(22)18-14(12-23-2)17-15(20)10-7-11-16(17)24-18/h7,10-11,13H,3-6,8-9,12H2,1-2H3. The molecule has 0 unspecified atom stereocenters. The SMILES string of the molecule is COCc1c(C(=O)N(C)C2CCCCCC2)sc2cccc(F)c12. The van der Waals surface area contributed by atoms with Crippen LogP contribution in [0.1, 0.15) is 53.8 Å². The highest BCUT2D eigenvalue weighted by atomic mass is 32.1. The Balaban J connectivity index is 1.96. The van der Waals surface area contributed by atoms with Crippen LogP contribution in [0.25, 0.3) is 10.1 Å². The Hall–Kier alpha value is -1.46. The molecule has 0 N–H and O–H groups in total. The van der Waals surface area contributed by atoms with Gasteiger partial charge >= 0.3 is 0 Å². The zero-order valence-electron chi connectivity index (χ0n) is 14.3. The van der Waals surface area contributed by atoms with Crippen molar-refractivity contribution in [1.82, 2.24) is 4.90 Å². The van der Waals surface area contributed by atoms with Crippen molar-refractivity contribution in [3.63, 3.8) is 0 Å². The van der Waals surface area contributed by atoms with Gasteiger partial charge in [0.1, 0.15) is 5.82 Å². The summed E-state index contributed by atoms with van der Waals surface area (Å²) in [5, 5.41) is 0.530. The Morgan fingerprint density at radius 2 is 2.00 bits per heavy atom. The van der Waals surface area contributed by atoms with Gasteiger partial charge in [-0.15, -0.1) is 11.3 Å². The summed E-state index contributed by atoms with van der Waals surface area (Å²) in [5.74, 6) is -0.290. The topological polar surface area (TPSA) is 29.5 Å². The number of nitrogens with zero attached hydrogens (tertiary/aromatic N) is 1. The van der Waals surface area contributed by atoms with E-state index < -0.39 is 0 Å². The monoisotopic (exact) mass is 349 g/mol. The fourth-order valence-electron chi connectivity index (χ4n) is 3.59. The number of methoxy groups -OCH3 is 1. The highest BCUT2D eigenvalue weighted by molar-refractivity contribution is 7.21. The quantitative estimate of drug-likeness (QED) is 0.729. The van der Waals surface area contributed by atoms with Gasteiger partial charge in [0.15, 0.2) is 0 Å². The van der Waals surface area contributed by atoms with Gasteiger partial charge in [-0.2, -0.15) is 0 Å². The number of fused-ring (bicyclic) bond motifs is 1. The van der Waals surface area contributed by atoms with Crippen LogP contribution >= 0.6 is 11.3 Å². The predicted octanol–water partition coefficient (Wildman–Crippen LogP) is 4.98. The molecule has 24 heavy (non-hydrogen) atoms. The third kappa shape index (κ3) is 3.33. The maximum Gasteiger partial charge on any atom is 0.264 e. The molecule has 0 bridgehead atoms. The molecule has 1 aliphatic carbocycles. The predicted molar refractivity (Wildman–Crippen MR) is 96.1 cm³/mol. The third-order valence-corrected chi connectivity index (χ3v) is 6.12. The van der Waals surface area contributed by atoms with Crippen molar-refractivity contribution in [3.8, 4) is 0 Å². The Morgan fingerprint density at radius 3 is 2.67 bits per heavy atom. The molecule has 1 saturated carbocycles. The van der Waals surface area contributed by atoms with Crippen LogP contribution < -0.4 is 0 Å². The molecule has 5 heteroatoms. The van der Waals surface area contributed by atoms with Crippen molar-refractivity contribution >= 4 is 27.3 Å². The number of hydrogen-bond donors (Lipinski definition) is 0. The fraction of sp³-hybridized carbons (Fsp3) is 0.526. The average Bonchev–Trinajstić information content (AvgIpc) is 2.77. The van der Waals surface area contributed by atoms with Crippen molar-refractivity contribution < 1.29 is 13.9 Å². The van der Waals surface area contributed by atoms with Crippen molar-refractivity contribution in [1.29, 1.82) is 0 Å². The van der Waals surface area contributed by atoms with Gasteiger partial charge in [-0.25, -0.2) is 4.39 Å². The van der Waals surface area contributed by atoms with Crippen molar-refractivity contribution in [2.24, 2.45) is 0 Å². The highest BCUT2D eigenvalue weighted by Crippen LogP contribution is 2.35. The maximum atomic E-state index is 14.3. The maximum absolute atomic E-state index is 14.3. The van der Waals surface area contributed by atoms with Crippen LogP contribution in [0.2, 0.25) is 0 Å². The molecule has 1 amide bonds. The Bertz CT molecular complexity index is 719. The molecule has 2 aromatic rings. The number of rotatable bonds is 4. The van der Waals surface area contributed by atoms with Gasteiger partial charge in [-0.1, -0.05) is 31.7 Å². The average molecular weight is 349 g/mol. The lowest BCUT2D eigenvalue weighted by Gasteiger charge is -2.27. The van der Waals surface area contributed by atoms with E-state index in [0.29, 0.717) is 15.8 Å². The molecule has 1 fully saturated rings. The van der Waals surface area contributed by atoms with Gasteiger partial charge in [0, 0.05) is 35.8 Å². The molecule has 3 rings (SSSR count). The second-order valence-electron chi connectivity index (χ2n) is 6.52. The van der Waals surface area contributed by atoms with E-state index in [4.69, 9.17) is 4.74 Å². The minimum absolute atomic E-state index is 0.00505. The first-order valence-electron chi connectivity index (χ1n) is 8.59. The summed E-state index contributed by atoms with van der Waals surface area (Å²) >= 11 is 1.37. The van der Waals surface area contributed by atoms with Gasteiger partial charge in [0.05, 0.1) is 11.5 Å². The number of carbonyl (C=O) groups excluding carboxylic acids is 1. The van der Waals surface area contributed by atoms with Crippen LogP contribution in [0.3, 0.4) is 0 Å². The highest BCUT2D eigenvalue weighted by Gasteiger charge is 2.27. The summed E-state index contributed by atoms with van der Waals surface area (Å²) in [7, 11) is 3.46. The number of amides is 1. The zero-order valence-corrected chi connectivity index (χ0v) is 15.1. The molecule has 0 aliphatic heterocycles. The van der Waals surface area contributed by atoms with E-state index in [1.54, 1.807) is 13.2 Å². The van der Waals surface area contributed by atoms with E-state index in [1.807, 2.05) is 18.0 Å². The minimum Gasteiger partial charge on any atom is -0.380 e. The lowest BCUT2D eigenvalue weighted by Crippen LogP contribution is -2.36. The van der Waals surface area contributed by atoms with E-state index in [2.05, 4.69) is 0 Å². The van der Waals surface area contributed by atoms with E-state index >= 15 is 0 Å². The molecule has 3 nitrogen and oxygen atoms in total. The number of hydrogen-bond acceptors (Lipinski definition) is 3. The Morgan fingerprint density at radius 1 is 1.29 bits per heavy atom. The second-order valence-corrected chi connectivity index (χ2v) is 7.57. The van der Waals surface area contributed by atoms with E-state index in [9.17, 15) is 9.18 Å². The van der Waals surface area contributed by atoms with Crippen molar-refractivity contribution in [2.45, 2.75) is 51.2 Å². The van der Waals surface area contributed by atoms with E-state index in [0.717, 1.165) is 17.5 Å². The van der Waals surface area contributed by atoms with E-state index in [-0.39, 0.29) is 24.4 Å². The van der Waals surface area contributed by atoms with Crippen LogP contribution in [0.5, 0.6) is 0 Å². The Labute approximate surface area is 146 Å². The molecule has 1 heterocycles. The smallest absolute Gasteiger partial charge is 0.264 e. The lowest BCUT2D eigenvalue weighted by molar-refractivity contribution is 0.0718. The van der Waals surface area contributed by atoms with Gasteiger partial charge < -0.3 is 9.64 Å². The first-order valence-corrected chi connectivity index (χ1v) is 9.41. The molecule has 1 aromatic heterocycles. The van der Waals surface area contributed by atoms with Gasteiger partial charge in [-0.3, -0.25) is 4.79 Å². The molecule has 0 atom stereocenters. The van der Waals surface area contributed by atoms with Crippen LogP contribution in [0.15, 0.2) is 18.2 Å². The third-order valence-electron chi connectivity index (χ3n) is 4.94. The van der Waals surface area contributed by atoms with E-state index in [1.165, 1.54) is 43.1 Å². The molecule has 130 valence electrons. The molecule has 0 saturated heterocycles. The van der Waals surface area contributed by atoms with Gasteiger partial charge in [0.2, 0.25) is 0 Å². The molecule has 0 spiro atoms. The van der Waals surface area contributed by atoms with Crippen molar-refractivity contribution in [2.75, 3.05) is 14.2 Å². The zero-order chi connectivity index (χ0) is 17.1. The van der Waals surface area contributed by atoms with Crippen LogP contribution in [-0.4, -0.2) is 31.0 Å². The molecular formula is C19H24FNO2S. The minimum atomic E-state index is -0.285. The molecular weight excluding hydrogens is 325 g/mol. The van der Waals surface area contributed by atoms with Gasteiger partial charge in [0.25, 0.3) is 5.91 Å². The normalized spacial score (nSPS) is 16.3. The lowest BCUT2D eigenvalue weighted by atomic mass is 10.1. The summed E-state index contributed by atoms with van der Waals surface area (Å²) in [6.45, 7) is 0.251. The second kappa shape index (κ2) is 7.62. The van der Waals surface area contributed by atoms with Crippen LogP contribution in [0, 0.1) is 5.82 Å². The first-order chi connectivity index (χ1) is 11.6. The number of ether oxygens (including phenoxy) is 1. The van der Waals surface area contributed by atoms with Crippen LogP contribution in [-0.2, 0) is 11.3 Å². The summed E-state index contributed by atoms with van der Waals surface area (Å²) < 4.78 is 20.3. The van der Waals surface area contributed by atoms with Gasteiger partial charge in [-0.05, 0) is 25.0 Å². The molecule has 0 radical (unpaired) electrons. The number of halogens is 1. The summed E-state index contributed by atoms with van der Waals surface area (Å²) in [6.07, 6.45) is 6.97. The molecule has 1 aliphatic rings. The fourth-order valence-corrected chi connectivity index (χ4v) is 4.80. The van der Waals surface area contributed by atoms with Crippen LogP contribution in [0.4, 0.5) is 4.39 Å². The number of thiophene rings is 1. The number of carbonyl (C=O) groups is 1. The molecule has 1 aromatic carbocycles. The Kier molecular flexibility index (Phi) is 5.51. The summed E-state index contributed by atoms with van der Waals surface area (Å²) in [5.41, 5.74) is 0.682. The summed E-state index contributed by atoms with van der Waals surface area (Å²) in [4.78, 5) is 15.6. The van der Waals surface area contributed by atoms with Crippen molar-refractivity contribution in [3.05, 3.63) is 34.5 Å². The number of benzene rings is 1. The first kappa shape index (κ1) is 17.4.